The summed E-state index contributed by atoms with van der Waals surface area (Å²) in [4.78, 5) is 23.9. The molecule has 26 heavy (non-hydrogen) atoms. The van der Waals surface area contributed by atoms with Crippen LogP contribution in [0.15, 0.2) is 54.6 Å². The minimum Gasteiger partial charge on any atom is -0.467 e. The maximum Gasteiger partial charge on any atom is 0.328 e. The Bertz CT molecular complexity index is 714. The van der Waals surface area contributed by atoms with Crippen molar-refractivity contribution >= 4 is 17.7 Å². The fourth-order valence-electron chi connectivity index (χ4n) is 2.38. The first-order valence-corrected chi connectivity index (χ1v) is 8.46. The molecule has 0 saturated carbocycles. The zero-order chi connectivity index (χ0) is 18.9. The van der Waals surface area contributed by atoms with Crippen molar-refractivity contribution in [1.29, 1.82) is 0 Å². The molecular weight excluding hydrogens is 332 g/mol. The van der Waals surface area contributed by atoms with Gasteiger partial charge in [-0.25, -0.2) is 9.59 Å². The lowest BCUT2D eigenvalue weighted by Crippen LogP contribution is -2.44. The summed E-state index contributed by atoms with van der Waals surface area (Å²) in [5.74, 6) is 1.18. The Morgan fingerprint density at radius 3 is 2.15 bits per heavy atom. The van der Waals surface area contributed by atoms with Crippen molar-refractivity contribution in [3.63, 3.8) is 0 Å². The highest BCUT2D eigenvalue weighted by Gasteiger charge is 2.22. The van der Waals surface area contributed by atoms with Crippen LogP contribution in [0.3, 0.4) is 0 Å². The summed E-state index contributed by atoms with van der Waals surface area (Å²) in [5.41, 5.74) is 0.594. The first-order valence-electron chi connectivity index (χ1n) is 8.46. The molecule has 2 aromatic rings. The molecule has 6 nitrogen and oxygen atoms in total. The van der Waals surface area contributed by atoms with Crippen molar-refractivity contribution in [1.82, 2.24) is 5.32 Å². The van der Waals surface area contributed by atoms with Gasteiger partial charge >= 0.3 is 12.0 Å². The number of para-hydroxylation sites is 1. The summed E-state index contributed by atoms with van der Waals surface area (Å²) in [6.07, 6.45) is 0.504. The van der Waals surface area contributed by atoms with Crippen LogP contribution < -0.4 is 15.4 Å². The minimum absolute atomic E-state index is 0.244. The number of amides is 2. The summed E-state index contributed by atoms with van der Waals surface area (Å²) < 4.78 is 10.4. The summed E-state index contributed by atoms with van der Waals surface area (Å²) in [6.45, 7) is 3.95. The van der Waals surface area contributed by atoms with E-state index in [1.54, 1.807) is 24.3 Å². The van der Waals surface area contributed by atoms with Gasteiger partial charge in [0.15, 0.2) is 0 Å². The normalized spacial score (nSPS) is 11.5. The Balaban J connectivity index is 1.92. The van der Waals surface area contributed by atoms with Crippen LogP contribution in [-0.2, 0) is 9.53 Å². The maximum atomic E-state index is 12.1. The molecule has 6 heteroatoms. The highest BCUT2D eigenvalue weighted by molar-refractivity contribution is 5.92. The zero-order valence-electron chi connectivity index (χ0n) is 15.2. The van der Waals surface area contributed by atoms with Crippen LogP contribution in [0.25, 0.3) is 0 Å². The van der Waals surface area contributed by atoms with Crippen LogP contribution in [0.1, 0.15) is 20.3 Å². The number of methoxy groups -OCH3 is 1. The average Bonchev–Trinajstić information content (AvgIpc) is 2.62. The van der Waals surface area contributed by atoms with Gasteiger partial charge in [0.1, 0.15) is 17.5 Å². The third kappa shape index (κ3) is 6.12. The first-order chi connectivity index (χ1) is 12.5. The van der Waals surface area contributed by atoms with Gasteiger partial charge in [0.05, 0.1) is 7.11 Å². The number of esters is 1. The molecule has 0 spiro atoms. The SMILES string of the molecule is COC(=O)C(CC(C)C)NC(=O)Nc1ccc(Oc2ccccc2)cc1. The minimum atomic E-state index is -0.680. The highest BCUT2D eigenvalue weighted by atomic mass is 16.5. The van der Waals surface area contributed by atoms with E-state index in [9.17, 15) is 9.59 Å². The van der Waals surface area contributed by atoms with E-state index in [0.29, 0.717) is 17.9 Å². The van der Waals surface area contributed by atoms with Gasteiger partial charge < -0.3 is 20.1 Å². The molecular formula is C20H24N2O4. The number of rotatable bonds is 7. The molecule has 2 N–H and O–H groups in total. The number of hydrogen-bond acceptors (Lipinski definition) is 4. The average molecular weight is 356 g/mol. The van der Waals surface area contributed by atoms with Crippen LogP contribution in [-0.4, -0.2) is 25.2 Å². The molecule has 1 atom stereocenters. The summed E-state index contributed by atoms with van der Waals surface area (Å²) in [5, 5.41) is 5.35. The number of anilines is 1. The van der Waals surface area contributed by atoms with Crippen molar-refractivity contribution in [2.24, 2.45) is 5.92 Å². The van der Waals surface area contributed by atoms with Crippen molar-refractivity contribution in [3.05, 3.63) is 54.6 Å². The molecule has 0 aliphatic carbocycles. The van der Waals surface area contributed by atoms with Crippen LogP contribution >= 0.6 is 0 Å². The molecule has 0 radical (unpaired) electrons. The highest BCUT2D eigenvalue weighted by Crippen LogP contribution is 2.22. The Kier molecular flexibility index (Phi) is 7.02. The lowest BCUT2D eigenvalue weighted by molar-refractivity contribution is -0.143. The zero-order valence-corrected chi connectivity index (χ0v) is 15.2. The molecule has 0 aliphatic rings. The van der Waals surface area contributed by atoms with Crippen molar-refractivity contribution in [2.45, 2.75) is 26.3 Å². The van der Waals surface area contributed by atoms with E-state index in [0.717, 1.165) is 5.75 Å². The lowest BCUT2D eigenvalue weighted by Gasteiger charge is -2.18. The van der Waals surface area contributed by atoms with Crippen molar-refractivity contribution < 1.29 is 19.1 Å². The fraction of sp³-hybridized carbons (Fsp3) is 0.300. The molecule has 0 fully saturated rings. The van der Waals surface area contributed by atoms with Gasteiger partial charge in [-0.1, -0.05) is 32.0 Å². The number of nitrogens with one attached hydrogen (secondary N) is 2. The van der Waals surface area contributed by atoms with Gasteiger partial charge in [-0.15, -0.1) is 0 Å². The lowest BCUT2D eigenvalue weighted by atomic mass is 10.0. The van der Waals surface area contributed by atoms with E-state index in [2.05, 4.69) is 10.6 Å². The number of carbonyl (C=O) groups excluding carboxylic acids is 2. The van der Waals surface area contributed by atoms with Gasteiger partial charge in [0.2, 0.25) is 0 Å². The Morgan fingerprint density at radius 1 is 0.962 bits per heavy atom. The van der Waals surface area contributed by atoms with Gasteiger partial charge in [0.25, 0.3) is 0 Å². The molecule has 0 heterocycles. The molecule has 138 valence electrons. The molecule has 2 amide bonds. The quantitative estimate of drug-likeness (QED) is 0.730. The number of hydrogen-bond donors (Lipinski definition) is 2. The van der Waals surface area contributed by atoms with E-state index < -0.39 is 18.0 Å². The van der Waals surface area contributed by atoms with Crippen LogP contribution in [0.5, 0.6) is 11.5 Å². The largest absolute Gasteiger partial charge is 0.467 e. The van der Waals surface area contributed by atoms with Crippen LogP contribution in [0, 0.1) is 5.92 Å². The van der Waals surface area contributed by atoms with Gasteiger partial charge in [-0.3, -0.25) is 0 Å². The number of benzene rings is 2. The van der Waals surface area contributed by atoms with Crippen molar-refractivity contribution in [2.75, 3.05) is 12.4 Å². The third-order valence-electron chi connectivity index (χ3n) is 3.59. The molecule has 0 aromatic heterocycles. The third-order valence-corrected chi connectivity index (χ3v) is 3.59. The van der Waals surface area contributed by atoms with Crippen molar-refractivity contribution in [3.8, 4) is 11.5 Å². The Hall–Kier alpha value is -3.02. The van der Waals surface area contributed by atoms with Crippen LogP contribution in [0.2, 0.25) is 0 Å². The molecule has 2 rings (SSSR count). The summed E-state index contributed by atoms with van der Waals surface area (Å²) in [6, 6.07) is 15.3. The second-order valence-corrected chi connectivity index (χ2v) is 6.24. The molecule has 2 aromatic carbocycles. The predicted octanol–water partition coefficient (Wildman–Crippen LogP) is 4.19. The number of carbonyl (C=O) groups is 2. The van der Waals surface area contributed by atoms with E-state index >= 15 is 0 Å². The monoisotopic (exact) mass is 356 g/mol. The molecule has 0 saturated heterocycles. The molecule has 0 aliphatic heterocycles. The summed E-state index contributed by atoms with van der Waals surface area (Å²) in [7, 11) is 1.31. The maximum absolute atomic E-state index is 12.1. The topological polar surface area (TPSA) is 76.7 Å². The van der Waals surface area contributed by atoms with E-state index in [1.165, 1.54) is 7.11 Å². The molecule has 1 unspecified atom stereocenters. The van der Waals surface area contributed by atoms with E-state index in [-0.39, 0.29) is 5.92 Å². The second kappa shape index (κ2) is 9.46. The van der Waals surface area contributed by atoms with E-state index in [1.807, 2.05) is 44.2 Å². The fourth-order valence-corrected chi connectivity index (χ4v) is 2.38. The molecule has 0 bridgehead atoms. The standard InChI is InChI=1S/C20H24N2O4/c1-14(2)13-18(19(23)25-3)22-20(24)21-15-9-11-17(12-10-15)26-16-7-5-4-6-8-16/h4-12,14,18H,13H2,1-3H3,(H2,21,22,24). The first kappa shape index (κ1) is 19.3. The summed E-state index contributed by atoms with van der Waals surface area (Å²) >= 11 is 0. The van der Waals surface area contributed by atoms with Gasteiger partial charge in [-0.2, -0.15) is 0 Å². The predicted molar refractivity (Wildman–Crippen MR) is 100 cm³/mol. The smallest absolute Gasteiger partial charge is 0.328 e. The van der Waals surface area contributed by atoms with Gasteiger partial charge in [-0.05, 0) is 48.7 Å². The number of ether oxygens (including phenoxy) is 2. The van der Waals surface area contributed by atoms with Gasteiger partial charge in [0, 0.05) is 5.69 Å². The Morgan fingerprint density at radius 2 is 1.58 bits per heavy atom. The Labute approximate surface area is 153 Å². The number of urea groups is 1. The van der Waals surface area contributed by atoms with E-state index in [4.69, 9.17) is 9.47 Å². The second-order valence-electron chi connectivity index (χ2n) is 6.24. The van der Waals surface area contributed by atoms with Crippen LogP contribution in [0.4, 0.5) is 10.5 Å².